The van der Waals surface area contributed by atoms with E-state index in [9.17, 15) is 4.39 Å². The van der Waals surface area contributed by atoms with Crippen LogP contribution in [-0.4, -0.2) is 16.5 Å². The molecule has 0 aliphatic carbocycles. The van der Waals surface area contributed by atoms with Crippen LogP contribution in [-0.2, 0) is 0 Å². The van der Waals surface area contributed by atoms with Crippen LogP contribution in [0.25, 0.3) is 0 Å². The Labute approximate surface area is 111 Å². The Morgan fingerprint density at radius 3 is 2.84 bits per heavy atom. The quantitative estimate of drug-likeness (QED) is 0.894. The highest BCUT2D eigenvalue weighted by molar-refractivity contribution is 5.39. The highest BCUT2D eigenvalue weighted by Gasteiger charge is 2.04. The van der Waals surface area contributed by atoms with Crippen molar-refractivity contribution in [1.29, 1.82) is 0 Å². The van der Waals surface area contributed by atoms with Crippen molar-refractivity contribution >= 4 is 5.82 Å². The summed E-state index contributed by atoms with van der Waals surface area (Å²) in [6.45, 7) is 4.60. The Balaban J connectivity index is 2.11. The zero-order valence-corrected chi connectivity index (χ0v) is 11.0. The van der Waals surface area contributed by atoms with Gasteiger partial charge in [-0.3, -0.25) is 0 Å². The van der Waals surface area contributed by atoms with Crippen molar-refractivity contribution in [3.63, 3.8) is 0 Å². The zero-order valence-electron chi connectivity index (χ0n) is 11.0. The lowest BCUT2D eigenvalue weighted by Gasteiger charge is -2.07. The fourth-order valence-electron chi connectivity index (χ4n) is 1.50. The summed E-state index contributed by atoms with van der Waals surface area (Å²) in [6, 6.07) is 6.41. The van der Waals surface area contributed by atoms with Gasteiger partial charge in [-0.15, -0.1) is 0 Å². The number of aryl methyl sites for hydroxylation is 1. The van der Waals surface area contributed by atoms with E-state index in [1.54, 1.807) is 25.1 Å². The van der Waals surface area contributed by atoms with E-state index in [4.69, 9.17) is 4.74 Å². The van der Waals surface area contributed by atoms with Crippen LogP contribution in [0.2, 0.25) is 0 Å². The highest BCUT2D eigenvalue weighted by atomic mass is 19.1. The molecule has 0 bridgehead atoms. The molecular weight excluding hydrogens is 245 g/mol. The predicted molar refractivity (Wildman–Crippen MR) is 72.0 cm³/mol. The Hall–Kier alpha value is -2.17. The van der Waals surface area contributed by atoms with Crippen LogP contribution in [0.15, 0.2) is 30.6 Å². The first-order valence-electron chi connectivity index (χ1n) is 6.19. The van der Waals surface area contributed by atoms with Crippen molar-refractivity contribution in [1.82, 2.24) is 9.97 Å². The number of anilines is 1. The molecule has 0 aliphatic rings. The van der Waals surface area contributed by atoms with Crippen molar-refractivity contribution in [3.8, 4) is 11.6 Å². The van der Waals surface area contributed by atoms with E-state index in [0.717, 1.165) is 13.0 Å². The number of benzene rings is 1. The molecule has 0 radical (unpaired) electrons. The molecule has 0 atom stereocenters. The van der Waals surface area contributed by atoms with Crippen molar-refractivity contribution < 1.29 is 9.13 Å². The first kappa shape index (κ1) is 13.3. The summed E-state index contributed by atoms with van der Waals surface area (Å²) in [5.41, 5.74) is 0.584. The second-order valence-corrected chi connectivity index (χ2v) is 4.18. The van der Waals surface area contributed by atoms with Gasteiger partial charge in [-0.1, -0.05) is 13.0 Å². The summed E-state index contributed by atoms with van der Waals surface area (Å²) in [7, 11) is 0. The number of ether oxygens (including phenoxy) is 1. The van der Waals surface area contributed by atoms with Gasteiger partial charge in [-0.25, -0.2) is 14.4 Å². The fraction of sp³-hybridized carbons (Fsp3) is 0.286. The molecular formula is C14H16FN3O. The molecule has 1 heterocycles. The molecule has 1 aromatic carbocycles. The average Bonchev–Trinajstić information content (AvgIpc) is 2.41. The van der Waals surface area contributed by atoms with E-state index < -0.39 is 0 Å². The standard InChI is InChI=1S/C14H16FN3O/c1-3-6-16-13-8-14(18-9-17-13)19-11-5-4-10(2)12(15)7-11/h4-5,7-9H,3,6H2,1-2H3,(H,16,17,18). The van der Waals surface area contributed by atoms with E-state index in [2.05, 4.69) is 22.2 Å². The molecule has 2 rings (SSSR count). The van der Waals surface area contributed by atoms with Crippen LogP contribution in [0.5, 0.6) is 11.6 Å². The molecule has 1 aromatic heterocycles. The molecule has 0 unspecified atom stereocenters. The minimum absolute atomic E-state index is 0.295. The monoisotopic (exact) mass is 261 g/mol. The minimum atomic E-state index is -0.295. The molecule has 0 amide bonds. The van der Waals surface area contributed by atoms with Crippen molar-refractivity contribution in [3.05, 3.63) is 42.0 Å². The first-order valence-corrected chi connectivity index (χ1v) is 6.19. The maximum atomic E-state index is 13.4. The molecule has 0 aliphatic heterocycles. The van der Waals surface area contributed by atoms with Crippen LogP contribution in [0, 0.1) is 12.7 Å². The van der Waals surface area contributed by atoms with E-state index in [1.807, 2.05) is 0 Å². The summed E-state index contributed by atoms with van der Waals surface area (Å²) >= 11 is 0. The molecule has 4 nitrogen and oxygen atoms in total. The molecule has 1 N–H and O–H groups in total. The largest absolute Gasteiger partial charge is 0.439 e. The lowest BCUT2D eigenvalue weighted by Crippen LogP contribution is -2.02. The molecule has 2 aromatic rings. The minimum Gasteiger partial charge on any atom is -0.439 e. The molecule has 0 saturated carbocycles. The van der Waals surface area contributed by atoms with Crippen LogP contribution in [0.4, 0.5) is 10.2 Å². The lowest BCUT2D eigenvalue weighted by atomic mass is 10.2. The number of rotatable bonds is 5. The number of hydrogen-bond acceptors (Lipinski definition) is 4. The second-order valence-electron chi connectivity index (χ2n) is 4.18. The number of halogens is 1. The van der Waals surface area contributed by atoms with Gasteiger partial charge in [0.2, 0.25) is 5.88 Å². The second kappa shape index (κ2) is 6.13. The molecule has 5 heteroatoms. The van der Waals surface area contributed by atoms with Crippen LogP contribution in [0.1, 0.15) is 18.9 Å². The van der Waals surface area contributed by atoms with Gasteiger partial charge in [-0.05, 0) is 25.0 Å². The van der Waals surface area contributed by atoms with E-state index in [0.29, 0.717) is 23.0 Å². The number of hydrogen-bond donors (Lipinski definition) is 1. The Morgan fingerprint density at radius 1 is 1.26 bits per heavy atom. The van der Waals surface area contributed by atoms with Gasteiger partial charge < -0.3 is 10.1 Å². The first-order chi connectivity index (χ1) is 9.19. The van der Waals surface area contributed by atoms with E-state index in [1.165, 1.54) is 12.4 Å². The van der Waals surface area contributed by atoms with Gasteiger partial charge in [0.25, 0.3) is 0 Å². The van der Waals surface area contributed by atoms with E-state index in [-0.39, 0.29) is 5.82 Å². The van der Waals surface area contributed by atoms with Crippen LogP contribution in [0.3, 0.4) is 0 Å². The summed E-state index contributed by atoms with van der Waals surface area (Å²) < 4.78 is 18.9. The Kier molecular flexibility index (Phi) is 4.28. The van der Waals surface area contributed by atoms with Crippen molar-refractivity contribution in [2.45, 2.75) is 20.3 Å². The van der Waals surface area contributed by atoms with Gasteiger partial charge in [-0.2, -0.15) is 0 Å². The summed E-state index contributed by atoms with van der Waals surface area (Å²) in [5, 5.41) is 3.14. The summed E-state index contributed by atoms with van der Waals surface area (Å²) in [5.74, 6) is 1.20. The Bertz CT molecular complexity index is 560. The summed E-state index contributed by atoms with van der Waals surface area (Å²) in [6.07, 6.45) is 2.42. The average molecular weight is 261 g/mol. The van der Waals surface area contributed by atoms with E-state index >= 15 is 0 Å². The van der Waals surface area contributed by atoms with Gasteiger partial charge in [0, 0.05) is 18.7 Å². The van der Waals surface area contributed by atoms with Crippen LogP contribution >= 0.6 is 0 Å². The molecule has 100 valence electrons. The highest BCUT2D eigenvalue weighted by Crippen LogP contribution is 2.22. The van der Waals surface area contributed by atoms with Gasteiger partial charge in [0.1, 0.15) is 23.7 Å². The normalized spacial score (nSPS) is 10.3. The van der Waals surface area contributed by atoms with Crippen LogP contribution < -0.4 is 10.1 Å². The fourth-order valence-corrected chi connectivity index (χ4v) is 1.50. The summed E-state index contributed by atoms with van der Waals surface area (Å²) in [4.78, 5) is 8.07. The molecule has 0 fully saturated rings. The molecule has 0 saturated heterocycles. The maximum Gasteiger partial charge on any atom is 0.224 e. The lowest BCUT2D eigenvalue weighted by molar-refractivity contribution is 0.456. The Morgan fingerprint density at radius 2 is 2.11 bits per heavy atom. The zero-order chi connectivity index (χ0) is 13.7. The number of nitrogens with zero attached hydrogens (tertiary/aromatic N) is 2. The van der Waals surface area contributed by atoms with Gasteiger partial charge >= 0.3 is 0 Å². The SMILES string of the molecule is CCCNc1cc(Oc2ccc(C)c(F)c2)ncn1. The van der Waals surface area contributed by atoms with Gasteiger partial charge in [0.05, 0.1) is 0 Å². The predicted octanol–water partition coefficient (Wildman–Crippen LogP) is 3.54. The number of aromatic nitrogens is 2. The topological polar surface area (TPSA) is 47.0 Å². The third kappa shape index (κ3) is 3.64. The smallest absolute Gasteiger partial charge is 0.224 e. The third-order valence-electron chi connectivity index (χ3n) is 2.56. The molecule has 19 heavy (non-hydrogen) atoms. The third-order valence-corrected chi connectivity index (χ3v) is 2.56. The molecule has 0 spiro atoms. The maximum absolute atomic E-state index is 13.4. The number of nitrogens with one attached hydrogen (secondary N) is 1. The van der Waals surface area contributed by atoms with Crippen molar-refractivity contribution in [2.24, 2.45) is 0 Å². The van der Waals surface area contributed by atoms with Gasteiger partial charge in [0.15, 0.2) is 0 Å². The van der Waals surface area contributed by atoms with Crippen molar-refractivity contribution in [2.75, 3.05) is 11.9 Å².